The number of nitrogens with zero attached hydrogens (tertiary/aromatic N) is 1. The molecule has 1 amide bonds. The number of hydrogen-bond acceptors (Lipinski definition) is 5. The maximum atomic E-state index is 13.1. The van der Waals surface area contributed by atoms with E-state index in [-0.39, 0.29) is 30.8 Å². The lowest BCUT2D eigenvalue weighted by Crippen LogP contribution is -2.46. The topological polar surface area (TPSA) is 68.2 Å². The van der Waals surface area contributed by atoms with Crippen LogP contribution in [0.3, 0.4) is 0 Å². The van der Waals surface area contributed by atoms with E-state index in [2.05, 4.69) is 0 Å². The maximum absolute atomic E-state index is 13.1. The Balaban J connectivity index is 2.29. The number of rotatable bonds is 4. The number of likely N-dealkylation sites (tertiary alicyclic amines) is 1. The molecule has 0 bridgehead atoms. The molecular formula is C17H22F3NO5. The van der Waals surface area contributed by atoms with E-state index in [9.17, 15) is 23.1 Å². The number of carbonyl (C=O) groups excluding carboxylic acids is 1. The molecule has 26 heavy (non-hydrogen) atoms. The van der Waals surface area contributed by atoms with Crippen LogP contribution in [0.2, 0.25) is 0 Å². The zero-order valence-corrected chi connectivity index (χ0v) is 14.9. The Morgan fingerprint density at radius 2 is 1.62 bits per heavy atom. The number of carbonyl (C=O) groups is 1. The van der Waals surface area contributed by atoms with Gasteiger partial charge in [-0.05, 0) is 12.8 Å². The fourth-order valence-corrected chi connectivity index (χ4v) is 2.97. The second-order valence-corrected chi connectivity index (χ2v) is 6.08. The number of methoxy groups -OCH3 is 3. The summed E-state index contributed by atoms with van der Waals surface area (Å²) in [5.74, 6) is 0.402. The van der Waals surface area contributed by atoms with Crippen LogP contribution in [0.5, 0.6) is 17.2 Å². The number of halogens is 3. The number of ether oxygens (including phenoxy) is 3. The maximum Gasteiger partial charge on any atom is 0.417 e. The van der Waals surface area contributed by atoms with Gasteiger partial charge < -0.3 is 24.2 Å². The molecule has 1 saturated heterocycles. The van der Waals surface area contributed by atoms with Crippen LogP contribution in [0.1, 0.15) is 29.6 Å². The molecule has 146 valence electrons. The van der Waals surface area contributed by atoms with E-state index in [1.165, 1.54) is 38.4 Å². The highest BCUT2D eigenvalue weighted by Gasteiger charge is 2.53. The highest BCUT2D eigenvalue weighted by molar-refractivity contribution is 5.97. The van der Waals surface area contributed by atoms with E-state index >= 15 is 0 Å². The summed E-state index contributed by atoms with van der Waals surface area (Å²) in [5.41, 5.74) is -2.62. The molecule has 6 nitrogen and oxygen atoms in total. The monoisotopic (exact) mass is 377 g/mol. The highest BCUT2D eigenvalue weighted by atomic mass is 19.4. The van der Waals surface area contributed by atoms with Gasteiger partial charge in [0.2, 0.25) is 0 Å². The zero-order valence-electron chi connectivity index (χ0n) is 14.9. The molecule has 0 aliphatic carbocycles. The summed E-state index contributed by atoms with van der Waals surface area (Å²) in [6.45, 7) is -0.110. The number of hydrogen-bond donors (Lipinski definition) is 1. The highest BCUT2D eigenvalue weighted by Crippen LogP contribution is 2.39. The van der Waals surface area contributed by atoms with Crippen molar-refractivity contribution < 1.29 is 37.3 Å². The summed E-state index contributed by atoms with van der Waals surface area (Å²) >= 11 is 0. The third-order valence-electron chi connectivity index (χ3n) is 4.56. The van der Waals surface area contributed by atoms with Crippen LogP contribution in [0.4, 0.5) is 13.2 Å². The van der Waals surface area contributed by atoms with Gasteiger partial charge in [-0.25, -0.2) is 0 Å². The van der Waals surface area contributed by atoms with Crippen molar-refractivity contribution in [2.24, 2.45) is 0 Å². The first kappa shape index (κ1) is 20.2. The van der Waals surface area contributed by atoms with Gasteiger partial charge in [0.1, 0.15) is 5.75 Å². The lowest BCUT2D eigenvalue weighted by atomic mass is 9.94. The van der Waals surface area contributed by atoms with Gasteiger partial charge >= 0.3 is 6.18 Å². The molecule has 1 heterocycles. The van der Waals surface area contributed by atoms with Crippen LogP contribution in [0.15, 0.2) is 12.1 Å². The van der Waals surface area contributed by atoms with Crippen LogP contribution in [0.25, 0.3) is 0 Å². The van der Waals surface area contributed by atoms with E-state index in [0.717, 1.165) is 0 Å². The predicted molar refractivity (Wildman–Crippen MR) is 86.9 cm³/mol. The lowest BCUT2D eigenvalue weighted by molar-refractivity contribution is -0.263. The van der Waals surface area contributed by atoms with Gasteiger partial charge in [0, 0.05) is 31.6 Å². The summed E-state index contributed by atoms with van der Waals surface area (Å²) in [7, 11) is 4.22. The van der Waals surface area contributed by atoms with Crippen molar-refractivity contribution in [3.63, 3.8) is 0 Å². The van der Waals surface area contributed by atoms with E-state index in [1.54, 1.807) is 0 Å². The van der Waals surface area contributed by atoms with Crippen molar-refractivity contribution in [2.45, 2.75) is 31.0 Å². The van der Waals surface area contributed by atoms with E-state index in [4.69, 9.17) is 14.2 Å². The molecule has 1 aliphatic heterocycles. The smallest absolute Gasteiger partial charge is 0.417 e. The summed E-state index contributed by atoms with van der Waals surface area (Å²) in [5, 5.41) is 9.88. The Labute approximate surface area is 149 Å². The average molecular weight is 377 g/mol. The predicted octanol–water partition coefficient (Wildman–Crippen LogP) is 2.63. The first-order valence-corrected chi connectivity index (χ1v) is 8.05. The SMILES string of the molecule is COc1cc(OC)c(C(=O)N2CCCC(O)(C(F)(F)F)CC2)cc1OC. The Morgan fingerprint density at radius 1 is 1.04 bits per heavy atom. The van der Waals surface area contributed by atoms with Crippen molar-refractivity contribution in [1.29, 1.82) is 0 Å². The van der Waals surface area contributed by atoms with Crippen LogP contribution < -0.4 is 14.2 Å². The minimum absolute atomic E-state index is 0.0390. The Bertz CT molecular complexity index is 665. The van der Waals surface area contributed by atoms with Gasteiger partial charge in [-0.15, -0.1) is 0 Å². The van der Waals surface area contributed by atoms with Crippen molar-refractivity contribution in [3.05, 3.63) is 17.7 Å². The average Bonchev–Trinajstić information content (AvgIpc) is 2.82. The molecule has 0 aromatic heterocycles. The minimum atomic E-state index is -4.73. The third kappa shape index (κ3) is 3.82. The van der Waals surface area contributed by atoms with Crippen LogP contribution in [-0.2, 0) is 0 Å². The fraction of sp³-hybridized carbons (Fsp3) is 0.588. The lowest BCUT2D eigenvalue weighted by Gasteiger charge is -2.29. The number of alkyl halides is 3. The fourth-order valence-electron chi connectivity index (χ4n) is 2.97. The van der Waals surface area contributed by atoms with E-state index < -0.39 is 30.5 Å². The second-order valence-electron chi connectivity index (χ2n) is 6.08. The molecule has 1 N–H and O–H groups in total. The summed E-state index contributed by atoms with van der Waals surface area (Å²) < 4.78 is 54.7. The van der Waals surface area contributed by atoms with Crippen LogP contribution in [-0.4, -0.2) is 62.1 Å². The molecule has 1 fully saturated rings. The van der Waals surface area contributed by atoms with E-state index in [0.29, 0.717) is 11.5 Å². The van der Waals surface area contributed by atoms with Crippen molar-refractivity contribution in [1.82, 2.24) is 4.90 Å². The molecule has 1 unspecified atom stereocenters. The van der Waals surface area contributed by atoms with Crippen LogP contribution >= 0.6 is 0 Å². The second kappa shape index (κ2) is 7.61. The van der Waals surface area contributed by atoms with Crippen molar-refractivity contribution >= 4 is 5.91 Å². The quantitative estimate of drug-likeness (QED) is 0.874. The standard InChI is InChI=1S/C17H22F3NO5/c1-24-12-10-14(26-3)13(25-2)9-11(12)15(22)21-7-4-5-16(23,6-8-21)17(18,19)20/h9-10,23H,4-8H2,1-3H3. The van der Waals surface area contributed by atoms with Gasteiger partial charge in [0.25, 0.3) is 5.91 Å². The van der Waals surface area contributed by atoms with Gasteiger partial charge in [-0.1, -0.05) is 0 Å². The van der Waals surface area contributed by atoms with Gasteiger partial charge in [0.15, 0.2) is 17.1 Å². The first-order chi connectivity index (χ1) is 12.2. The molecule has 1 aliphatic rings. The zero-order chi connectivity index (χ0) is 19.5. The van der Waals surface area contributed by atoms with Gasteiger partial charge in [-0.2, -0.15) is 13.2 Å². The minimum Gasteiger partial charge on any atom is -0.496 e. The number of amides is 1. The summed E-state index contributed by atoms with van der Waals surface area (Å²) in [4.78, 5) is 14.1. The summed E-state index contributed by atoms with van der Waals surface area (Å²) in [6.07, 6.45) is -5.70. The van der Waals surface area contributed by atoms with Crippen molar-refractivity contribution in [2.75, 3.05) is 34.4 Å². The number of benzene rings is 1. The Kier molecular flexibility index (Phi) is 5.90. The molecule has 1 atom stereocenters. The van der Waals surface area contributed by atoms with Crippen molar-refractivity contribution in [3.8, 4) is 17.2 Å². The van der Waals surface area contributed by atoms with Gasteiger partial charge in [0.05, 0.1) is 26.9 Å². The van der Waals surface area contributed by atoms with E-state index in [1.807, 2.05) is 0 Å². The molecular weight excluding hydrogens is 355 g/mol. The molecule has 1 aromatic carbocycles. The van der Waals surface area contributed by atoms with Gasteiger partial charge in [-0.3, -0.25) is 4.79 Å². The Morgan fingerprint density at radius 3 is 2.15 bits per heavy atom. The van der Waals surface area contributed by atoms with Crippen LogP contribution in [0, 0.1) is 0 Å². The molecule has 2 rings (SSSR count). The molecule has 0 saturated carbocycles. The first-order valence-electron chi connectivity index (χ1n) is 8.05. The molecule has 0 radical (unpaired) electrons. The normalized spacial score (nSPS) is 21.1. The molecule has 9 heteroatoms. The molecule has 1 aromatic rings. The molecule has 0 spiro atoms. The third-order valence-corrected chi connectivity index (χ3v) is 4.56. The summed E-state index contributed by atoms with van der Waals surface area (Å²) in [6, 6.07) is 2.91. The number of aliphatic hydroxyl groups is 1. The largest absolute Gasteiger partial charge is 0.496 e. The Hall–Kier alpha value is -2.16.